The van der Waals surface area contributed by atoms with Crippen LogP contribution in [0.25, 0.3) is 0 Å². The summed E-state index contributed by atoms with van der Waals surface area (Å²) in [6.45, 7) is 3.78. The van der Waals surface area contributed by atoms with Crippen molar-refractivity contribution in [2.75, 3.05) is 0 Å². The molecule has 2 nitrogen and oxygen atoms in total. The van der Waals surface area contributed by atoms with Gasteiger partial charge in [-0.05, 0) is 26.0 Å². The standard InChI is InChI=1S/C9H10O2.Hg/c1-6-3-7(2)5-8(4-6)9(10)11;/h3-5H,1-2H3,(H,10,11);. The third-order valence-corrected chi connectivity index (χ3v) is 1.47. The summed E-state index contributed by atoms with van der Waals surface area (Å²) in [7, 11) is 0. The number of benzene rings is 1. The van der Waals surface area contributed by atoms with Crippen molar-refractivity contribution in [1.82, 2.24) is 0 Å². The number of hydrogen-bond donors (Lipinski definition) is 1. The van der Waals surface area contributed by atoms with Crippen molar-refractivity contribution in [3.05, 3.63) is 34.9 Å². The minimum atomic E-state index is -0.864. The van der Waals surface area contributed by atoms with Gasteiger partial charge in [0.05, 0.1) is 5.56 Å². The maximum atomic E-state index is 10.5. The second-order valence-electron chi connectivity index (χ2n) is 2.68. The molecule has 0 unspecified atom stereocenters. The Hall–Kier alpha value is -0.375. The van der Waals surface area contributed by atoms with E-state index in [1.807, 2.05) is 19.9 Å². The van der Waals surface area contributed by atoms with Crippen LogP contribution in [0.3, 0.4) is 0 Å². The number of rotatable bonds is 1. The maximum absolute atomic E-state index is 10.5. The molecule has 0 spiro atoms. The van der Waals surface area contributed by atoms with Gasteiger partial charge in [0.1, 0.15) is 0 Å². The van der Waals surface area contributed by atoms with Gasteiger partial charge in [-0.3, -0.25) is 0 Å². The normalized spacial score (nSPS) is 8.83. The first kappa shape index (κ1) is 11.6. The molecule has 0 heterocycles. The molecule has 0 aromatic heterocycles. The largest absolute Gasteiger partial charge is 0.478 e. The molecule has 0 aliphatic carbocycles. The van der Waals surface area contributed by atoms with Gasteiger partial charge < -0.3 is 5.11 Å². The van der Waals surface area contributed by atoms with Gasteiger partial charge in [-0.1, -0.05) is 17.2 Å². The Morgan fingerprint density at radius 2 is 1.58 bits per heavy atom. The summed E-state index contributed by atoms with van der Waals surface area (Å²) >= 11 is 0. The third kappa shape index (κ3) is 2.93. The number of aryl methyl sites for hydroxylation is 2. The van der Waals surface area contributed by atoms with Crippen LogP contribution in [-0.2, 0) is 27.7 Å². The van der Waals surface area contributed by atoms with E-state index in [4.69, 9.17) is 5.11 Å². The number of carboxylic acids is 1. The fourth-order valence-corrected chi connectivity index (χ4v) is 1.10. The molecule has 1 rings (SSSR count). The van der Waals surface area contributed by atoms with Crippen LogP contribution >= 0.6 is 0 Å². The number of hydrogen-bond acceptors (Lipinski definition) is 1. The summed E-state index contributed by atoms with van der Waals surface area (Å²) in [5.74, 6) is -0.864. The van der Waals surface area contributed by atoms with Crippen molar-refractivity contribution in [3.8, 4) is 0 Å². The molecule has 3 heteroatoms. The van der Waals surface area contributed by atoms with Crippen molar-refractivity contribution in [1.29, 1.82) is 0 Å². The summed E-state index contributed by atoms with van der Waals surface area (Å²) in [5.41, 5.74) is 2.34. The molecule has 0 saturated carbocycles. The van der Waals surface area contributed by atoms with Crippen LogP contribution in [0, 0.1) is 13.8 Å². The van der Waals surface area contributed by atoms with Crippen LogP contribution in [0.1, 0.15) is 21.5 Å². The molecule has 60 valence electrons. The topological polar surface area (TPSA) is 37.3 Å². The zero-order valence-electron chi connectivity index (χ0n) is 7.29. The van der Waals surface area contributed by atoms with Gasteiger partial charge in [0.15, 0.2) is 0 Å². The van der Waals surface area contributed by atoms with Crippen LogP contribution in [0.15, 0.2) is 18.2 Å². The molecule has 0 bridgehead atoms. The Balaban J connectivity index is 0.00000121. The minimum Gasteiger partial charge on any atom is -0.478 e. The van der Waals surface area contributed by atoms with Crippen LogP contribution < -0.4 is 0 Å². The van der Waals surface area contributed by atoms with Crippen molar-refractivity contribution in [2.24, 2.45) is 0 Å². The zero-order chi connectivity index (χ0) is 8.43. The molecule has 0 amide bonds. The minimum absolute atomic E-state index is 0. The molecule has 0 aliphatic heterocycles. The van der Waals surface area contributed by atoms with E-state index in [2.05, 4.69) is 0 Å². The summed E-state index contributed by atoms with van der Waals surface area (Å²) in [6.07, 6.45) is 0. The molecular weight excluding hydrogens is 341 g/mol. The Bertz CT molecular complexity index is 274. The Labute approximate surface area is 92.1 Å². The molecule has 0 aliphatic rings. The van der Waals surface area contributed by atoms with Crippen LogP contribution in [0.4, 0.5) is 0 Å². The quantitative estimate of drug-likeness (QED) is 0.787. The number of aromatic carboxylic acids is 1. The van der Waals surface area contributed by atoms with Crippen molar-refractivity contribution in [3.63, 3.8) is 0 Å². The molecule has 0 atom stereocenters. The molecule has 0 fully saturated rings. The van der Waals surface area contributed by atoms with Crippen molar-refractivity contribution in [2.45, 2.75) is 13.8 Å². The van der Waals surface area contributed by atoms with Crippen LogP contribution in [-0.4, -0.2) is 11.1 Å². The van der Waals surface area contributed by atoms with Gasteiger partial charge >= 0.3 is 5.97 Å². The van der Waals surface area contributed by atoms with E-state index in [0.717, 1.165) is 11.1 Å². The molecule has 0 radical (unpaired) electrons. The van der Waals surface area contributed by atoms with E-state index in [1.54, 1.807) is 12.1 Å². The Kier molecular flexibility index (Phi) is 4.46. The summed E-state index contributed by atoms with van der Waals surface area (Å²) in [6, 6.07) is 5.27. The molecule has 0 saturated heterocycles. The van der Waals surface area contributed by atoms with E-state index in [0.29, 0.717) is 5.56 Å². The van der Waals surface area contributed by atoms with Gasteiger partial charge in [-0.25, -0.2) is 4.79 Å². The van der Waals surface area contributed by atoms with Gasteiger partial charge in [-0.2, -0.15) is 0 Å². The third-order valence-electron chi connectivity index (χ3n) is 1.47. The SMILES string of the molecule is Cc1cc(C)cc(C(=O)O)c1.[Hg]. The number of carboxylic acid groups (broad SMARTS) is 1. The first-order valence-electron chi connectivity index (χ1n) is 3.41. The van der Waals surface area contributed by atoms with Crippen LogP contribution in [0.5, 0.6) is 0 Å². The first-order chi connectivity index (χ1) is 5.09. The van der Waals surface area contributed by atoms with Crippen molar-refractivity contribution >= 4 is 5.97 Å². The number of carbonyl (C=O) groups is 1. The Morgan fingerprint density at radius 3 is 1.92 bits per heavy atom. The van der Waals surface area contributed by atoms with Crippen molar-refractivity contribution < 1.29 is 37.6 Å². The first-order valence-corrected chi connectivity index (χ1v) is 3.41. The van der Waals surface area contributed by atoms with E-state index < -0.39 is 5.97 Å². The molecule has 1 N–H and O–H groups in total. The summed E-state index contributed by atoms with van der Waals surface area (Å²) < 4.78 is 0. The molecule has 1 aromatic rings. The van der Waals surface area contributed by atoms with Gasteiger partial charge in [0.25, 0.3) is 0 Å². The smallest absolute Gasteiger partial charge is 0.335 e. The maximum Gasteiger partial charge on any atom is 0.335 e. The van der Waals surface area contributed by atoms with E-state index in [1.165, 1.54) is 0 Å². The predicted molar refractivity (Wildman–Crippen MR) is 42.9 cm³/mol. The average molecular weight is 351 g/mol. The van der Waals surface area contributed by atoms with Gasteiger partial charge in [-0.15, -0.1) is 0 Å². The van der Waals surface area contributed by atoms with Crippen LogP contribution in [0.2, 0.25) is 0 Å². The predicted octanol–water partition coefficient (Wildman–Crippen LogP) is 2.00. The summed E-state index contributed by atoms with van der Waals surface area (Å²) in [5, 5.41) is 8.63. The molecular formula is C9H10HgO2. The average Bonchev–Trinajstić information content (AvgIpc) is 1.85. The second kappa shape index (κ2) is 4.60. The fraction of sp³-hybridized carbons (Fsp3) is 0.222. The molecule has 12 heavy (non-hydrogen) atoms. The Morgan fingerprint density at radius 1 is 1.17 bits per heavy atom. The van der Waals surface area contributed by atoms with E-state index in [9.17, 15) is 4.79 Å². The fourth-order valence-electron chi connectivity index (χ4n) is 1.10. The zero-order valence-corrected chi connectivity index (χ0v) is 12.8. The molecule has 1 aromatic carbocycles. The summed E-state index contributed by atoms with van der Waals surface area (Å²) in [4.78, 5) is 10.5. The van der Waals surface area contributed by atoms with E-state index in [-0.39, 0.29) is 27.7 Å². The monoisotopic (exact) mass is 352 g/mol. The van der Waals surface area contributed by atoms with Gasteiger partial charge in [0.2, 0.25) is 0 Å². The van der Waals surface area contributed by atoms with E-state index >= 15 is 0 Å². The van der Waals surface area contributed by atoms with Gasteiger partial charge in [0, 0.05) is 27.7 Å². The second-order valence-corrected chi connectivity index (χ2v) is 2.68.